The molecule has 0 aromatic heterocycles. The summed E-state index contributed by atoms with van der Waals surface area (Å²) >= 11 is 5.98. The van der Waals surface area contributed by atoms with Gasteiger partial charge in [0.25, 0.3) is 0 Å². The molecule has 0 bridgehead atoms. The van der Waals surface area contributed by atoms with E-state index >= 15 is 0 Å². The SMILES string of the molecule is Cc1ccc(COc2cc(Cl)ccc2CN)cc1C. The van der Waals surface area contributed by atoms with E-state index in [1.165, 1.54) is 11.1 Å². The van der Waals surface area contributed by atoms with Gasteiger partial charge in [-0.1, -0.05) is 35.9 Å². The molecule has 0 heterocycles. The molecule has 2 rings (SSSR count). The zero-order valence-electron chi connectivity index (χ0n) is 11.2. The topological polar surface area (TPSA) is 35.2 Å². The van der Waals surface area contributed by atoms with Crippen molar-refractivity contribution >= 4 is 11.6 Å². The summed E-state index contributed by atoms with van der Waals surface area (Å²) in [5.74, 6) is 0.758. The van der Waals surface area contributed by atoms with Crippen molar-refractivity contribution in [1.82, 2.24) is 0 Å². The molecule has 0 aliphatic heterocycles. The molecule has 0 fully saturated rings. The lowest BCUT2D eigenvalue weighted by Gasteiger charge is -2.12. The third kappa shape index (κ3) is 3.49. The van der Waals surface area contributed by atoms with Crippen LogP contribution in [0.4, 0.5) is 0 Å². The molecule has 2 aromatic carbocycles. The van der Waals surface area contributed by atoms with Gasteiger partial charge in [0.15, 0.2) is 0 Å². The lowest BCUT2D eigenvalue weighted by molar-refractivity contribution is 0.303. The Morgan fingerprint density at radius 1 is 1.05 bits per heavy atom. The zero-order chi connectivity index (χ0) is 13.8. The molecule has 2 N–H and O–H groups in total. The Kier molecular flexibility index (Phi) is 4.46. The number of ether oxygens (including phenoxy) is 1. The largest absolute Gasteiger partial charge is 0.489 e. The first kappa shape index (κ1) is 13.9. The van der Waals surface area contributed by atoms with E-state index in [0.29, 0.717) is 18.2 Å². The maximum atomic E-state index is 5.98. The first-order valence-electron chi connectivity index (χ1n) is 6.27. The molecule has 0 aliphatic carbocycles. The summed E-state index contributed by atoms with van der Waals surface area (Å²) in [6, 6.07) is 11.9. The van der Waals surface area contributed by atoms with Gasteiger partial charge in [0.05, 0.1) is 0 Å². The van der Waals surface area contributed by atoms with E-state index in [9.17, 15) is 0 Å². The number of nitrogens with two attached hydrogens (primary N) is 1. The zero-order valence-corrected chi connectivity index (χ0v) is 12.0. The minimum absolute atomic E-state index is 0.444. The Labute approximate surface area is 119 Å². The monoisotopic (exact) mass is 275 g/mol. The van der Waals surface area contributed by atoms with Gasteiger partial charge >= 0.3 is 0 Å². The first-order chi connectivity index (χ1) is 9.10. The third-order valence-electron chi connectivity index (χ3n) is 3.21. The van der Waals surface area contributed by atoms with E-state index in [2.05, 4.69) is 32.0 Å². The van der Waals surface area contributed by atoms with Gasteiger partial charge in [-0.25, -0.2) is 0 Å². The molecule has 0 saturated heterocycles. The number of hydrogen-bond acceptors (Lipinski definition) is 2. The molecule has 0 aliphatic rings. The Balaban J connectivity index is 2.13. The summed E-state index contributed by atoms with van der Waals surface area (Å²) in [6.07, 6.45) is 0. The Morgan fingerprint density at radius 2 is 1.84 bits per heavy atom. The van der Waals surface area contributed by atoms with Crippen molar-refractivity contribution in [1.29, 1.82) is 0 Å². The average molecular weight is 276 g/mol. The van der Waals surface area contributed by atoms with Gasteiger partial charge in [0.2, 0.25) is 0 Å². The van der Waals surface area contributed by atoms with Crippen molar-refractivity contribution in [2.75, 3.05) is 0 Å². The predicted octanol–water partition coefficient (Wildman–Crippen LogP) is 3.99. The van der Waals surface area contributed by atoms with Crippen molar-refractivity contribution in [2.24, 2.45) is 5.73 Å². The molecule has 2 aromatic rings. The van der Waals surface area contributed by atoms with Crippen molar-refractivity contribution in [2.45, 2.75) is 27.0 Å². The number of rotatable bonds is 4. The van der Waals surface area contributed by atoms with Crippen LogP contribution in [0.3, 0.4) is 0 Å². The van der Waals surface area contributed by atoms with Crippen LogP contribution < -0.4 is 10.5 Å². The van der Waals surface area contributed by atoms with E-state index in [1.807, 2.05) is 18.2 Å². The van der Waals surface area contributed by atoms with Crippen molar-refractivity contribution < 1.29 is 4.74 Å². The van der Waals surface area contributed by atoms with Crippen LogP contribution >= 0.6 is 11.6 Å². The molecule has 0 radical (unpaired) electrons. The summed E-state index contributed by atoms with van der Waals surface area (Å²) in [7, 11) is 0. The minimum Gasteiger partial charge on any atom is -0.489 e. The highest BCUT2D eigenvalue weighted by molar-refractivity contribution is 6.30. The molecule has 19 heavy (non-hydrogen) atoms. The lowest BCUT2D eigenvalue weighted by Crippen LogP contribution is -2.03. The van der Waals surface area contributed by atoms with Gasteiger partial charge in [0, 0.05) is 17.1 Å². The average Bonchev–Trinajstić information content (AvgIpc) is 2.40. The molecule has 3 heteroatoms. The van der Waals surface area contributed by atoms with Gasteiger partial charge in [-0.15, -0.1) is 0 Å². The van der Waals surface area contributed by atoms with Crippen molar-refractivity contribution in [3.8, 4) is 5.75 Å². The van der Waals surface area contributed by atoms with Crippen LogP contribution in [0.5, 0.6) is 5.75 Å². The fourth-order valence-electron chi connectivity index (χ4n) is 1.89. The highest BCUT2D eigenvalue weighted by Gasteiger charge is 2.04. The van der Waals surface area contributed by atoms with Crippen LogP contribution in [-0.2, 0) is 13.2 Å². The van der Waals surface area contributed by atoms with Crippen molar-refractivity contribution in [3.05, 3.63) is 63.7 Å². The first-order valence-corrected chi connectivity index (χ1v) is 6.65. The molecular weight excluding hydrogens is 258 g/mol. The molecule has 0 atom stereocenters. The number of benzene rings is 2. The van der Waals surface area contributed by atoms with E-state index in [0.717, 1.165) is 16.9 Å². The predicted molar refractivity (Wildman–Crippen MR) is 79.6 cm³/mol. The number of aryl methyl sites for hydroxylation is 2. The quantitative estimate of drug-likeness (QED) is 0.915. The maximum absolute atomic E-state index is 5.98. The summed E-state index contributed by atoms with van der Waals surface area (Å²) in [6.45, 7) is 5.17. The smallest absolute Gasteiger partial charge is 0.125 e. The van der Waals surface area contributed by atoms with Gasteiger partial charge in [-0.2, -0.15) is 0 Å². The van der Waals surface area contributed by atoms with E-state index in [-0.39, 0.29) is 0 Å². The van der Waals surface area contributed by atoms with Gasteiger partial charge < -0.3 is 10.5 Å². The van der Waals surface area contributed by atoms with Crippen molar-refractivity contribution in [3.63, 3.8) is 0 Å². The van der Waals surface area contributed by atoms with Crippen LogP contribution in [0.15, 0.2) is 36.4 Å². The van der Waals surface area contributed by atoms with Crippen LogP contribution in [0.25, 0.3) is 0 Å². The van der Waals surface area contributed by atoms with Crippen LogP contribution in [0, 0.1) is 13.8 Å². The van der Waals surface area contributed by atoms with E-state index < -0.39 is 0 Å². The van der Waals surface area contributed by atoms with E-state index in [4.69, 9.17) is 22.1 Å². The molecule has 100 valence electrons. The van der Waals surface area contributed by atoms with Crippen LogP contribution in [0.2, 0.25) is 5.02 Å². The second-order valence-corrected chi connectivity index (χ2v) is 5.10. The summed E-state index contributed by atoms with van der Waals surface area (Å²) in [4.78, 5) is 0. The van der Waals surface area contributed by atoms with E-state index in [1.54, 1.807) is 0 Å². The minimum atomic E-state index is 0.444. The number of hydrogen-bond donors (Lipinski definition) is 1. The molecule has 0 spiro atoms. The second kappa shape index (κ2) is 6.09. The molecule has 0 saturated carbocycles. The summed E-state index contributed by atoms with van der Waals surface area (Å²) in [5.41, 5.74) is 10.4. The number of halogens is 1. The fourth-order valence-corrected chi connectivity index (χ4v) is 2.05. The summed E-state index contributed by atoms with van der Waals surface area (Å²) in [5, 5.41) is 0.660. The Morgan fingerprint density at radius 3 is 2.53 bits per heavy atom. The molecule has 0 amide bonds. The fraction of sp³-hybridized carbons (Fsp3) is 0.250. The van der Waals surface area contributed by atoms with Gasteiger partial charge in [-0.3, -0.25) is 0 Å². The highest BCUT2D eigenvalue weighted by atomic mass is 35.5. The standard InChI is InChI=1S/C16H18ClNO/c1-11-3-4-13(7-12(11)2)10-19-16-8-15(17)6-5-14(16)9-18/h3-8H,9-10,18H2,1-2H3. The lowest BCUT2D eigenvalue weighted by atomic mass is 10.1. The highest BCUT2D eigenvalue weighted by Crippen LogP contribution is 2.24. The molecule has 0 unspecified atom stereocenters. The molecule has 2 nitrogen and oxygen atoms in total. The Hall–Kier alpha value is -1.51. The normalized spacial score (nSPS) is 10.5. The third-order valence-corrected chi connectivity index (χ3v) is 3.45. The molecular formula is C16H18ClNO. The van der Waals surface area contributed by atoms with Crippen LogP contribution in [-0.4, -0.2) is 0 Å². The maximum Gasteiger partial charge on any atom is 0.125 e. The summed E-state index contributed by atoms with van der Waals surface area (Å²) < 4.78 is 5.83. The van der Waals surface area contributed by atoms with Gasteiger partial charge in [-0.05, 0) is 42.7 Å². The Bertz CT molecular complexity index is 581. The van der Waals surface area contributed by atoms with Crippen LogP contribution in [0.1, 0.15) is 22.3 Å². The second-order valence-electron chi connectivity index (χ2n) is 4.66. The van der Waals surface area contributed by atoms with Gasteiger partial charge in [0.1, 0.15) is 12.4 Å².